The summed E-state index contributed by atoms with van der Waals surface area (Å²) in [6.07, 6.45) is 0.410. The number of nitrogens with one attached hydrogen (secondary N) is 1. The van der Waals surface area contributed by atoms with Crippen molar-refractivity contribution in [3.63, 3.8) is 0 Å². The third kappa shape index (κ3) is 3.49. The second-order valence-electron chi connectivity index (χ2n) is 5.92. The average molecular weight is 344 g/mol. The minimum Gasteiger partial charge on any atom is -0.455 e. The third-order valence-corrected chi connectivity index (χ3v) is 5.07. The number of benzene rings is 2. The van der Waals surface area contributed by atoms with Crippen LogP contribution in [0.25, 0.3) is 0 Å². The highest BCUT2D eigenvalue weighted by Crippen LogP contribution is 2.42. The smallest absolute Gasteiger partial charge is 0.237 e. The molecule has 0 aromatic heterocycles. The van der Waals surface area contributed by atoms with Gasteiger partial charge in [-0.3, -0.25) is 4.79 Å². The van der Waals surface area contributed by atoms with Crippen LogP contribution in [0.2, 0.25) is 0 Å². The van der Waals surface area contributed by atoms with E-state index in [9.17, 15) is 4.79 Å². The molecule has 0 saturated heterocycles. The van der Waals surface area contributed by atoms with E-state index in [1.165, 1.54) is 11.8 Å². The molecule has 0 spiro atoms. The number of aryl methyl sites for hydroxylation is 2. The maximum absolute atomic E-state index is 12.0. The molecule has 24 heavy (non-hydrogen) atoms. The van der Waals surface area contributed by atoms with E-state index in [0.29, 0.717) is 23.5 Å². The van der Waals surface area contributed by atoms with Gasteiger partial charge in [0.05, 0.1) is 16.6 Å². The minimum atomic E-state index is -0.305. The van der Waals surface area contributed by atoms with Gasteiger partial charge < -0.3 is 20.9 Å². The minimum absolute atomic E-state index is 0.0265. The van der Waals surface area contributed by atoms with Crippen LogP contribution in [0.4, 0.5) is 11.4 Å². The number of hydrogen-bond acceptors (Lipinski definition) is 5. The Balaban J connectivity index is 1.90. The van der Waals surface area contributed by atoms with Crippen LogP contribution in [-0.4, -0.2) is 22.9 Å². The monoisotopic (exact) mass is 344 g/mol. The number of anilines is 2. The lowest BCUT2D eigenvalue weighted by Crippen LogP contribution is -2.29. The van der Waals surface area contributed by atoms with E-state index < -0.39 is 0 Å². The van der Waals surface area contributed by atoms with Crippen LogP contribution in [0.5, 0.6) is 11.5 Å². The molecule has 0 radical (unpaired) electrons. The molecule has 1 aliphatic rings. The van der Waals surface area contributed by atoms with Crippen molar-refractivity contribution in [3.05, 3.63) is 41.5 Å². The van der Waals surface area contributed by atoms with Crippen molar-refractivity contribution in [2.75, 3.05) is 17.7 Å². The number of thioether (sulfide) groups is 1. The van der Waals surface area contributed by atoms with Crippen LogP contribution >= 0.6 is 11.8 Å². The maximum Gasteiger partial charge on any atom is 0.237 e. The maximum atomic E-state index is 12.0. The van der Waals surface area contributed by atoms with E-state index in [1.807, 2.05) is 32.0 Å². The Morgan fingerprint density at radius 3 is 2.58 bits per heavy atom. The van der Waals surface area contributed by atoms with Crippen molar-refractivity contribution in [3.8, 4) is 11.5 Å². The summed E-state index contributed by atoms with van der Waals surface area (Å²) in [6, 6.07) is 9.54. The fourth-order valence-electron chi connectivity index (χ4n) is 2.71. The summed E-state index contributed by atoms with van der Waals surface area (Å²) >= 11 is 1.42. The summed E-state index contributed by atoms with van der Waals surface area (Å²) < 4.78 is 5.96. The number of carbonyl (C=O) groups is 1. The summed E-state index contributed by atoms with van der Waals surface area (Å²) in [5, 5.41) is 11.6. The molecule has 2 aromatic rings. The van der Waals surface area contributed by atoms with Gasteiger partial charge in [0.15, 0.2) is 5.75 Å². The molecule has 3 rings (SSSR count). The number of aliphatic hydroxyl groups is 1. The van der Waals surface area contributed by atoms with Gasteiger partial charge in [0.2, 0.25) is 5.91 Å². The van der Waals surface area contributed by atoms with Gasteiger partial charge in [-0.1, -0.05) is 6.07 Å². The van der Waals surface area contributed by atoms with Crippen LogP contribution in [-0.2, 0) is 4.79 Å². The molecule has 0 aliphatic carbocycles. The molecule has 1 heterocycles. The molecule has 5 nitrogen and oxygen atoms in total. The lowest BCUT2D eigenvalue weighted by atomic mass is 10.1. The van der Waals surface area contributed by atoms with Gasteiger partial charge in [-0.15, -0.1) is 11.8 Å². The number of fused-ring (bicyclic) bond motifs is 1. The zero-order valence-electron chi connectivity index (χ0n) is 13.6. The predicted molar refractivity (Wildman–Crippen MR) is 96.8 cm³/mol. The summed E-state index contributed by atoms with van der Waals surface area (Å²) in [7, 11) is 0. The molecule has 126 valence electrons. The number of rotatable bonds is 4. The van der Waals surface area contributed by atoms with Crippen LogP contribution in [0.3, 0.4) is 0 Å². The summed E-state index contributed by atoms with van der Waals surface area (Å²) in [5.41, 5.74) is 9.47. The molecule has 1 unspecified atom stereocenters. The quantitative estimate of drug-likeness (QED) is 0.740. The SMILES string of the molecule is Cc1cc(C)cc(Oc2cc3c(cc2N)NC(=O)C(CCO)S3)c1. The second kappa shape index (κ2) is 6.75. The number of nitrogen functional groups attached to an aromatic ring is 1. The highest BCUT2D eigenvalue weighted by molar-refractivity contribution is 8.01. The van der Waals surface area contributed by atoms with Gasteiger partial charge in [-0.2, -0.15) is 0 Å². The highest BCUT2D eigenvalue weighted by Gasteiger charge is 2.27. The zero-order chi connectivity index (χ0) is 17.3. The summed E-state index contributed by atoms with van der Waals surface area (Å²) in [5.74, 6) is 1.19. The van der Waals surface area contributed by atoms with E-state index >= 15 is 0 Å². The van der Waals surface area contributed by atoms with Gasteiger partial charge in [0.1, 0.15) is 5.75 Å². The Morgan fingerprint density at radius 1 is 1.21 bits per heavy atom. The first-order chi connectivity index (χ1) is 11.5. The predicted octanol–water partition coefficient (Wildman–Crippen LogP) is 3.47. The molecule has 1 aliphatic heterocycles. The fraction of sp³-hybridized carbons (Fsp3) is 0.278. The molecule has 2 aromatic carbocycles. The number of amides is 1. The van der Waals surface area contributed by atoms with Gasteiger partial charge in [-0.25, -0.2) is 0 Å². The third-order valence-electron chi connectivity index (χ3n) is 3.75. The average Bonchev–Trinajstić information content (AvgIpc) is 2.49. The lowest BCUT2D eigenvalue weighted by Gasteiger charge is -2.24. The van der Waals surface area contributed by atoms with Crippen molar-refractivity contribution >= 4 is 29.0 Å². The van der Waals surface area contributed by atoms with E-state index in [4.69, 9.17) is 15.6 Å². The Hall–Kier alpha value is -2.18. The van der Waals surface area contributed by atoms with E-state index in [1.54, 1.807) is 6.07 Å². The van der Waals surface area contributed by atoms with Crippen LogP contribution in [0, 0.1) is 13.8 Å². The first-order valence-electron chi connectivity index (χ1n) is 7.74. The number of aliphatic hydroxyl groups excluding tert-OH is 1. The number of hydrogen-bond donors (Lipinski definition) is 3. The molecular weight excluding hydrogens is 324 g/mol. The summed E-state index contributed by atoms with van der Waals surface area (Å²) in [4.78, 5) is 12.9. The van der Waals surface area contributed by atoms with Crippen molar-refractivity contribution in [1.82, 2.24) is 0 Å². The zero-order valence-corrected chi connectivity index (χ0v) is 14.4. The van der Waals surface area contributed by atoms with Crippen LogP contribution in [0.15, 0.2) is 35.2 Å². The van der Waals surface area contributed by atoms with Crippen molar-refractivity contribution in [2.24, 2.45) is 0 Å². The van der Waals surface area contributed by atoms with Gasteiger partial charge in [0, 0.05) is 11.5 Å². The molecule has 1 atom stereocenters. The number of nitrogens with two attached hydrogens (primary N) is 1. The largest absolute Gasteiger partial charge is 0.455 e. The van der Waals surface area contributed by atoms with E-state index in [0.717, 1.165) is 21.8 Å². The second-order valence-corrected chi connectivity index (χ2v) is 7.16. The van der Waals surface area contributed by atoms with Gasteiger partial charge in [0.25, 0.3) is 0 Å². The Labute approximate surface area is 145 Å². The molecule has 0 fully saturated rings. The first-order valence-corrected chi connectivity index (χ1v) is 8.62. The fourth-order valence-corrected chi connectivity index (χ4v) is 3.82. The Bertz CT molecular complexity index is 772. The van der Waals surface area contributed by atoms with Crippen molar-refractivity contribution in [1.29, 1.82) is 0 Å². The molecular formula is C18H20N2O3S. The summed E-state index contributed by atoms with van der Waals surface area (Å²) in [6.45, 7) is 4.00. The number of carbonyl (C=O) groups excluding carboxylic acids is 1. The van der Waals surface area contributed by atoms with Crippen LogP contribution < -0.4 is 15.8 Å². The van der Waals surface area contributed by atoms with Crippen molar-refractivity contribution < 1.29 is 14.6 Å². The van der Waals surface area contributed by atoms with Gasteiger partial charge in [-0.05, 0) is 55.7 Å². The molecule has 0 bridgehead atoms. The standard InChI is InChI=1S/C18H20N2O3S/c1-10-5-11(2)7-12(6-10)23-15-9-17-14(8-13(15)19)20-18(22)16(24-17)3-4-21/h5-9,16,21H,3-4,19H2,1-2H3,(H,20,22). The molecule has 0 saturated carbocycles. The topological polar surface area (TPSA) is 84.6 Å². The molecule has 1 amide bonds. The van der Waals surface area contributed by atoms with Crippen LogP contribution in [0.1, 0.15) is 17.5 Å². The highest BCUT2D eigenvalue weighted by atomic mass is 32.2. The number of ether oxygens (including phenoxy) is 1. The molecule has 6 heteroatoms. The molecule has 4 N–H and O–H groups in total. The Kier molecular flexibility index (Phi) is 4.69. The van der Waals surface area contributed by atoms with E-state index in [2.05, 4.69) is 11.4 Å². The normalized spacial score (nSPS) is 16.5. The van der Waals surface area contributed by atoms with E-state index in [-0.39, 0.29) is 17.8 Å². The first kappa shape index (κ1) is 16.7. The Morgan fingerprint density at radius 2 is 1.92 bits per heavy atom. The van der Waals surface area contributed by atoms with Crippen molar-refractivity contribution in [2.45, 2.75) is 30.4 Å². The van der Waals surface area contributed by atoms with Gasteiger partial charge >= 0.3 is 0 Å². The lowest BCUT2D eigenvalue weighted by molar-refractivity contribution is -0.116.